The molecule has 1 aliphatic rings. The van der Waals surface area contributed by atoms with Crippen LogP contribution in [0.2, 0.25) is 0 Å². The summed E-state index contributed by atoms with van der Waals surface area (Å²) in [6.07, 6.45) is 5.28. The molecule has 0 bridgehead atoms. The van der Waals surface area contributed by atoms with Gasteiger partial charge in [0.2, 0.25) is 0 Å². The third-order valence-electron chi connectivity index (χ3n) is 3.57. The SMILES string of the molecule is CC(C)(C)NC[C@H](O)COc1ccccc1C1=CCCC1. The van der Waals surface area contributed by atoms with Crippen LogP contribution in [0.5, 0.6) is 5.75 Å². The zero-order chi connectivity index (χ0) is 15.3. The van der Waals surface area contributed by atoms with Gasteiger partial charge in [0.05, 0.1) is 0 Å². The third kappa shape index (κ3) is 5.18. The number of para-hydroxylation sites is 1. The monoisotopic (exact) mass is 289 g/mol. The largest absolute Gasteiger partial charge is 0.490 e. The molecule has 1 aliphatic carbocycles. The zero-order valence-corrected chi connectivity index (χ0v) is 13.4. The molecule has 0 spiro atoms. The van der Waals surface area contributed by atoms with E-state index in [1.54, 1.807) is 0 Å². The van der Waals surface area contributed by atoms with Crippen LogP contribution >= 0.6 is 0 Å². The predicted octanol–water partition coefficient (Wildman–Crippen LogP) is 3.38. The van der Waals surface area contributed by atoms with Gasteiger partial charge in [-0.15, -0.1) is 0 Å². The maximum Gasteiger partial charge on any atom is 0.126 e. The fourth-order valence-electron chi connectivity index (χ4n) is 2.44. The van der Waals surface area contributed by atoms with Crippen molar-refractivity contribution in [3.63, 3.8) is 0 Å². The maximum atomic E-state index is 10.0. The van der Waals surface area contributed by atoms with Crippen molar-refractivity contribution < 1.29 is 9.84 Å². The topological polar surface area (TPSA) is 41.5 Å². The number of hydrogen-bond donors (Lipinski definition) is 2. The van der Waals surface area contributed by atoms with Crippen LogP contribution in [0, 0.1) is 0 Å². The minimum absolute atomic E-state index is 0.00749. The molecule has 2 N–H and O–H groups in total. The van der Waals surface area contributed by atoms with Crippen LogP contribution in [0.4, 0.5) is 0 Å². The highest BCUT2D eigenvalue weighted by molar-refractivity contribution is 5.71. The van der Waals surface area contributed by atoms with Crippen LogP contribution in [0.1, 0.15) is 45.6 Å². The van der Waals surface area contributed by atoms with E-state index < -0.39 is 6.10 Å². The molecular formula is C18H27NO2. The van der Waals surface area contributed by atoms with Gasteiger partial charge in [-0.3, -0.25) is 0 Å². The smallest absolute Gasteiger partial charge is 0.126 e. The van der Waals surface area contributed by atoms with Gasteiger partial charge in [0, 0.05) is 17.6 Å². The highest BCUT2D eigenvalue weighted by Crippen LogP contribution is 2.33. The second-order valence-corrected chi connectivity index (χ2v) is 6.71. The fourth-order valence-corrected chi connectivity index (χ4v) is 2.44. The van der Waals surface area contributed by atoms with Gasteiger partial charge in [0.25, 0.3) is 0 Å². The molecule has 0 saturated carbocycles. The number of allylic oxidation sites excluding steroid dienone is 2. The molecule has 3 nitrogen and oxygen atoms in total. The van der Waals surface area contributed by atoms with E-state index in [9.17, 15) is 5.11 Å². The molecule has 0 unspecified atom stereocenters. The minimum Gasteiger partial charge on any atom is -0.490 e. The van der Waals surface area contributed by atoms with Crippen molar-refractivity contribution >= 4 is 5.57 Å². The summed E-state index contributed by atoms with van der Waals surface area (Å²) < 4.78 is 5.85. The van der Waals surface area contributed by atoms with Crippen molar-refractivity contribution in [3.05, 3.63) is 35.9 Å². The molecule has 2 rings (SSSR count). The summed E-state index contributed by atoms with van der Waals surface area (Å²) in [5.74, 6) is 0.875. The van der Waals surface area contributed by atoms with Crippen molar-refractivity contribution in [1.29, 1.82) is 0 Å². The Kier molecular flexibility index (Phi) is 5.43. The summed E-state index contributed by atoms with van der Waals surface area (Å²) in [6.45, 7) is 7.11. The van der Waals surface area contributed by atoms with E-state index in [0.717, 1.165) is 18.6 Å². The van der Waals surface area contributed by atoms with Gasteiger partial charge in [-0.05, 0) is 51.7 Å². The normalized spacial score (nSPS) is 16.7. The Labute approximate surface area is 128 Å². The molecule has 0 radical (unpaired) electrons. The number of nitrogens with one attached hydrogen (secondary N) is 1. The van der Waals surface area contributed by atoms with Crippen molar-refractivity contribution in [1.82, 2.24) is 5.32 Å². The lowest BCUT2D eigenvalue weighted by molar-refractivity contribution is 0.0999. The van der Waals surface area contributed by atoms with Crippen molar-refractivity contribution in [3.8, 4) is 5.75 Å². The van der Waals surface area contributed by atoms with E-state index in [0.29, 0.717) is 13.2 Å². The first kappa shape index (κ1) is 16.1. The van der Waals surface area contributed by atoms with Gasteiger partial charge in [-0.25, -0.2) is 0 Å². The number of aliphatic hydroxyl groups excluding tert-OH is 1. The molecule has 0 amide bonds. The molecule has 1 aromatic carbocycles. The molecule has 3 heteroatoms. The van der Waals surface area contributed by atoms with Crippen LogP contribution in [0.15, 0.2) is 30.3 Å². The lowest BCUT2D eigenvalue weighted by Gasteiger charge is -2.23. The Morgan fingerprint density at radius 3 is 2.71 bits per heavy atom. The summed E-state index contributed by atoms with van der Waals surface area (Å²) in [6, 6.07) is 8.11. The number of rotatable bonds is 6. The zero-order valence-electron chi connectivity index (χ0n) is 13.4. The molecule has 0 fully saturated rings. The minimum atomic E-state index is -0.505. The lowest BCUT2D eigenvalue weighted by atomic mass is 10.0. The van der Waals surface area contributed by atoms with Gasteiger partial charge in [-0.1, -0.05) is 24.3 Å². The summed E-state index contributed by atoms with van der Waals surface area (Å²) in [7, 11) is 0. The van der Waals surface area contributed by atoms with E-state index in [2.05, 4.69) is 38.2 Å². The van der Waals surface area contributed by atoms with E-state index in [1.807, 2.05) is 18.2 Å². The number of hydrogen-bond acceptors (Lipinski definition) is 3. The molecule has 0 aliphatic heterocycles. The Morgan fingerprint density at radius 1 is 1.29 bits per heavy atom. The molecule has 21 heavy (non-hydrogen) atoms. The maximum absolute atomic E-state index is 10.0. The highest BCUT2D eigenvalue weighted by Gasteiger charge is 2.15. The van der Waals surface area contributed by atoms with Gasteiger partial charge < -0.3 is 15.2 Å². The van der Waals surface area contributed by atoms with Crippen LogP contribution in [0.25, 0.3) is 5.57 Å². The van der Waals surface area contributed by atoms with E-state index in [4.69, 9.17) is 4.74 Å². The van der Waals surface area contributed by atoms with Gasteiger partial charge in [-0.2, -0.15) is 0 Å². The Morgan fingerprint density at radius 2 is 2.05 bits per heavy atom. The van der Waals surface area contributed by atoms with Crippen molar-refractivity contribution in [2.24, 2.45) is 0 Å². The van der Waals surface area contributed by atoms with E-state index >= 15 is 0 Å². The first-order chi connectivity index (χ1) is 9.96. The molecule has 1 aromatic rings. The Bertz CT molecular complexity index is 488. The Hall–Kier alpha value is -1.32. The summed E-state index contributed by atoms with van der Waals surface area (Å²) in [4.78, 5) is 0. The van der Waals surface area contributed by atoms with E-state index in [-0.39, 0.29) is 5.54 Å². The van der Waals surface area contributed by atoms with Crippen LogP contribution in [-0.2, 0) is 0 Å². The lowest BCUT2D eigenvalue weighted by Crippen LogP contribution is -2.42. The van der Waals surface area contributed by atoms with E-state index in [1.165, 1.54) is 17.6 Å². The van der Waals surface area contributed by atoms with Crippen LogP contribution in [-0.4, -0.2) is 29.9 Å². The number of β-amino-alcohol motifs (C(OH)–C–C–N with tert-alkyl or cyclic N) is 1. The standard InChI is InChI=1S/C18H27NO2/c1-18(2,3)19-12-15(20)13-21-17-11-7-6-10-16(17)14-8-4-5-9-14/h6-8,10-11,15,19-20H,4-5,9,12-13H2,1-3H3/t15-/m0/s1. The highest BCUT2D eigenvalue weighted by atomic mass is 16.5. The first-order valence-electron chi connectivity index (χ1n) is 7.80. The van der Waals surface area contributed by atoms with Gasteiger partial charge in [0.1, 0.15) is 18.5 Å². The number of ether oxygens (including phenoxy) is 1. The van der Waals surface area contributed by atoms with Gasteiger partial charge in [0.15, 0.2) is 0 Å². The molecule has 1 atom stereocenters. The van der Waals surface area contributed by atoms with Crippen molar-refractivity contribution in [2.45, 2.75) is 51.7 Å². The molecular weight excluding hydrogens is 262 g/mol. The fraction of sp³-hybridized carbons (Fsp3) is 0.556. The van der Waals surface area contributed by atoms with Gasteiger partial charge >= 0.3 is 0 Å². The Balaban J connectivity index is 1.91. The summed E-state index contributed by atoms with van der Waals surface area (Å²) in [5, 5.41) is 13.3. The molecule has 0 heterocycles. The quantitative estimate of drug-likeness (QED) is 0.843. The van der Waals surface area contributed by atoms with Crippen LogP contribution in [0.3, 0.4) is 0 Å². The summed E-state index contributed by atoms with van der Waals surface area (Å²) >= 11 is 0. The number of aliphatic hydroxyl groups is 1. The molecule has 116 valence electrons. The number of benzene rings is 1. The average Bonchev–Trinajstić information content (AvgIpc) is 2.96. The van der Waals surface area contributed by atoms with Crippen LogP contribution < -0.4 is 10.1 Å². The summed E-state index contributed by atoms with van der Waals surface area (Å²) in [5.41, 5.74) is 2.55. The third-order valence-corrected chi connectivity index (χ3v) is 3.57. The predicted molar refractivity (Wildman–Crippen MR) is 87.5 cm³/mol. The second-order valence-electron chi connectivity index (χ2n) is 6.71. The average molecular weight is 289 g/mol. The second kappa shape index (κ2) is 7.10. The molecule has 0 saturated heterocycles. The van der Waals surface area contributed by atoms with Crippen molar-refractivity contribution in [2.75, 3.05) is 13.2 Å². The molecule has 0 aromatic heterocycles. The first-order valence-corrected chi connectivity index (χ1v) is 7.80.